The number of aliphatic hydroxyl groups is 1. The molecule has 0 bridgehead atoms. The van der Waals surface area contributed by atoms with E-state index in [0.29, 0.717) is 37.9 Å². The average molecular weight is 284 g/mol. The van der Waals surface area contributed by atoms with E-state index < -0.39 is 11.6 Å². The predicted molar refractivity (Wildman–Crippen MR) is 76.3 cm³/mol. The third-order valence-electron chi connectivity index (χ3n) is 3.93. The molecule has 0 amide bonds. The van der Waals surface area contributed by atoms with Crippen molar-refractivity contribution in [1.82, 2.24) is 0 Å². The van der Waals surface area contributed by atoms with Gasteiger partial charge in [0.05, 0.1) is 14.2 Å². The molecule has 0 spiro atoms. The van der Waals surface area contributed by atoms with Crippen LogP contribution in [0.15, 0.2) is 9.98 Å². The highest BCUT2D eigenvalue weighted by Gasteiger charge is 2.45. The summed E-state index contributed by atoms with van der Waals surface area (Å²) in [5.41, 5.74) is -0.973. The number of hydrogen-bond donors (Lipinski definition) is 1. The van der Waals surface area contributed by atoms with E-state index in [1.54, 1.807) is 14.2 Å². The number of aliphatic imine (C=N–C) groups is 2. The van der Waals surface area contributed by atoms with Crippen LogP contribution in [-0.4, -0.2) is 62.0 Å². The summed E-state index contributed by atoms with van der Waals surface area (Å²) >= 11 is 0. The van der Waals surface area contributed by atoms with E-state index in [4.69, 9.17) is 14.2 Å². The van der Waals surface area contributed by atoms with Crippen molar-refractivity contribution in [2.45, 2.75) is 44.4 Å². The van der Waals surface area contributed by atoms with E-state index in [2.05, 4.69) is 23.8 Å². The highest BCUT2D eigenvalue weighted by Crippen LogP contribution is 2.31. The molecule has 0 aromatic heterocycles. The summed E-state index contributed by atoms with van der Waals surface area (Å²) in [5.74, 6) is 1.30. The Bertz CT molecular complexity index is 400. The first kappa shape index (κ1) is 15.3. The van der Waals surface area contributed by atoms with Gasteiger partial charge in [-0.05, 0) is 5.92 Å². The Morgan fingerprint density at radius 2 is 1.75 bits per heavy atom. The van der Waals surface area contributed by atoms with Gasteiger partial charge in [0.1, 0.15) is 11.6 Å². The molecule has 0 unspecified atom stereocenters. The van der Waals surface area contributed by atoms with Crippen molar-refractivity contribution in [2.75, 3.05) is 27.4 Å². The van der Waals surface area contributed by atoms with Crippen LogP contribution in [0.1, 0.15) is 26.7 Å². The Morgan fingerprint density at radius 1 is 1.15 bits per heavy atom. The first-order valence-corrected chi connectivity index (χ1v) is 7.05. The summed E-state index contributed by atoms with van der Waals surface area (Å²) in [7, 11) is 3.16. The smallest absolute Gasteiger partial charge is 0.212 e. The molecular weight excluding hydrogens is 260 g/mol. The number of nitrogens with zero attached hydrogens (tertiary/aromatic N) is 2. The van der Waals surface area contributed by atoms with Crippen LogP contribution >= 0.6 is 0 Å². The maximum atomic E-state index is 10.8. The van der Waals surface area contributed by atoms with Gasteiger partial charge in [0.25, 0.3) is 0 Å². The molecule has 6 nitrogen and oxygen atoms in total. The van der Waals surface area contributed by atoms with Gasteiger partial charge in [-0.25, -0.2) is 9.98 Å². The first-order chi connectivity index (χ1) is 9.51. The summed E-state index contributed by atoms with van der Waals surface area (Å²) in [6.07, 6.45) is 1.04. The van der Waals surface area contributed by atoms with Gasteiger partial charge in [-0.2, -0.15) is 0 Å². The molecule has 0 saturated carbocycles. The van der Waals surface area contributed by atoms with Gasteiger partial charge >= 0.3 is 0 Å². The van der Waals surface area contributed by atoms with E-state index >= 15 is 0 Å². The Hall–Kier alpha value is -1.14. The van der Waals surface area contributed by atoms with E-state index in [9.17, 15) is 5.11 Å². The second-order valence-electron chi connectivity index (χ2n) is 5.65. The summed E-state index contributed by atoms with van der Waals surface area (Å²) in [4.78, 5) is 9.18. The van der Waals surface area contributed by atoms with Crippen molar-refractivity contribution in [3.63, 3.8) is 0 Å². The molecule has 20 heavy (non-hydrogen) atoms. The number of ether oxygens (including phenoxy) is 3. The molecular formula is C14H24N2O4. The fourth-order valence-electron chi connectivity index (χ4n) is 2.64. The number of methoxy groups -OCH3 is 2. The maximum Gasteiger partial charge on any atom is 0.212 e. The molecule has 2 aliphatic rings. The largest absolute Gasteiger partial charge is 0.483 e. The van der Waals surface area contributed by atoms with Crippen molar-refractivity contribution >= 4 is 11.8 Å². The van der Waals surface area contributed by atoms with Gasteiger partial charge < -0.3 is 19.3 Å². The minimum Gasteiger partial charge on any atom is -0.483 e. The normalized spacial score (nSPS) is 29.7. The Morgan fingerprint density at radius 3 is 2.25 bits per heavy atom. The second-order valence-corrected chi connectivity index (χ2v) is 5.65. The van der Waals surface area contributed by atoms with E-state index in [1.165, 1.54) is 0 Å². The summed E-state index contributed by atoms with van der Waals surface area (Å²) in [5, 5.41) is 10.8. The molecule has 114 valence electrons. The van der Waals surface area contributed by atoms with Crippen molar-refractivity contribution < 1.29 is 19.3 Å². The second kappa shape index (κ2) is 6.10. The Kier molecular flexibility index (Phi) is 4.65. The van der Waals surface area contributed by atoms with Gasteiger partial charge in [0.2, 0.25) is 11.8 Å². The molecule has 0 aliphatic carbocycles. The predicted octanol–water partition coefficient (Wildman–Crippen LogP) is 1.02. The molecule has 2 rings (SSSR count). The summed E-state index contributed by atoms with van der Waals surface area (Å²) in [6.45, 7) is 5.16. The molecule has 0 radical (unpaired) electrons. The molecule has 2 atom stereocenters. The molecule has 6 heteroatoms. The van der Waals surface area contributed by atoms with E-state index in [1.807, 2.05) is 0 Å². The van der Waals surface area contributed by atoms with Crippen molar-refractivity contribution in [2.24, 2.45) is 15.9 Å². The topological polar surface area (TPSA) is 72.6 Å². The fraction of sp³-hybridized carbons (Fsp3) is 0.857. The lowest BCUT2D eigenvalue weighted by Gasteiger charge is -2.39. The SMILES string of the molecule is COC1=N[C@H](C2(O)CCOCC2)C(OC)=N[C@H]1C(C)C. The van der Waals surface area contributed by atoms with Crippen molar-refractivity contribution in [1.29, 1.82) is 0 Å². The van der Waals surface area contributed by atoms with Crippen LogP contribution in [-0.2, 0) is 14.2 Å². The first-order valence-electron chi connectivity index (χ1n) is 7.05. The molecule has 2 aliphatic heterocycles. The lowest BCUT2D eigenvalue weighted by atomic mass is 9.85. The zero-order valence-electron chi connectivity index (χ0n) is 12.6. The molecule has 0 aromatic carbocycles. The van der Waals surface area contributed by atoms with Crippen LogP contribution in [0.25, 0.3) is 0 Å². The van der Waals surface area contributed by atoms with Gasteiger partial charge in [-0.1, -0.05) is 13.8 Å². The minimum absolute atomic E-state index is 0.158. The standard InChI is InChI=1S/C14H24N2O4/c1-9(2)10-12(18-3)16-11(13(15-10)19-4)14(17)5-7-20-8-6-14/h9-11,17H,5-8H2,1-4H3/t10-,11-/m0/s1. The Labute approximate surface area is 119 Å². The average Bonchev–Trinajstić information content (AvgIpc) is 2.46. The lowest BCUT2D eigenvalue weighted by Crippen LogP contribution is -2.53. The lowest BCUT2D eigenvalue weighted by molar-refractivity contribution is -0.0695. The van der Waals surface area contributed by atoms with Crippen LogP contribution in [0.2, 0.25) is 0 Å². The molecule has 1 saturated heterocycles. The van der Waals surface area contributed by atoms with Crippen LogP contribution in [0, 0.1) is 5.92 Å². The number of hydrogen-bond acceptors (Lipinski definition) is 6. The van der Waals surface area contributed by atoms with E-state index in [-0.39, 0.29) is 12.0 Å². The van der Waals surface area contributed by atoms with Crippen LogP contribution in [0.5, 0.6) is 0 Å². The summed E-state index contributed by atoms with van der Waals surface area (Å²) < 4.78 is 16.1. The summed E-state index contributed by atoms with van der Waals surface area (Å²) in [6, 6.07) is -0.670. The monoisotopic (exact) mass is 284 g/mol. The zero-order valence-corrected chi connectivity index (χ0v) is 12.6. The molecule has 0 aromatic rings. The molecule has 2 heterocycles. The van der Waals surface area contributed by atoms with Gasteiger partial charge in [0.15, 0.2) is 6.04 Å². The zero-order chi connectivity index (χ0) is 14.8. The van der Waals surface area contributed by atoms with Gasteiger partial charge in [-0.15, -0.1) is 0 Å². The Balaban J connectivity index is 2.32. The van der Waals surface area contributed by atoms with Crippen molar-refractivity contribution in [3.8, 4) is 0 Å². The highest BCUT2D eigenvalue weighted by atomic mass is 16.5. The van der Waals surface area contributed by atoms with Crippen LogP contribution in [0.3, 0.4) is 0 Å². The fourth-order valence-corrected chi connectivity index (χ4v) is 2.64. The third kappa shape index (κ3) is 2.81. The maximum absolute atomic E-state index is 10.8. The third-order valence-corrected chi connectivity index (χ3v) is 3.93. The van der Waals surface area contributed by atoms with Gasteiger partial charge in [-0.3, -0.25) is 0 Å². The van der Waals surface area contributed by atoms with Crippen LogP contribution in [0.4, 0.5) is 0 Å². The molecule has 1 N–H and O–H groups in total. The van der Waals surface area contributed by atoms with Crippen LogP contribution < -0.4 is 0 Å². The van der Waals surface area contributed by atoms with Gasteiger partial charge in [0, 0.05) is 26.1 Å². The van der Waals surface area contributed by atoms with Crippen molar-refractivity contribution in [3.05, 3.63) is 0 Å². The quantitative estimate of drug-likeness (QED) is 0.822. The molecule has 1 fully saturated rings. The van der Waals surface area contributed by atoms with E-state index in [0.717, 1.165) is 0 Å². The minimum atomic E-state index is -0.973. The highest BCUT2D eigenvalue weighted by molar-refractivity contribution is 5.94. The number of rotatable bonds is 2.